The summed E-state index contributed by atoms with van der Waals surface area (Å²) in [5, 5.41) is 11.9. The smallest absolute Gasteiger partial charge is 0.251 e. The molecule has 3 rings (SSSR count). The lowest BCUT2D eigenvalue weighted by Crippen LogP contribution is -2.31. The average molecular weight is 325 g/mol. The van der Waals surface area contributed by atoms with Crippen molar-refractivity contribution in [2.45, 2.75) is 39.8 Å². The Balaban J connectivity index is 1.77. The fourth-order valence-electron chi connectivity index (χ4n) is 2.77. The van der Waals surface area contributed by atoms with E-state index in [4.69, 9.17) is 0 Å². The number of fused-ring (bicyclic) bond motifs is 1. The third-order valence-corrected chi connectivity index (χ3v) is 4.35. The predicted molar refractivity (Wildman–Crippen MR) is 94.0 cm³/mol. The molecule has 0 aliphatic rings. The molecule has 1 N–H and O–H groups in total. The number of aromatic nitrogens is 4. The Labute approximate surface area is 141 Å². The Bertz CT molecular complexity index is 860. The second kappa shape index (κ2) is 6.47. The van der Waals surface area contributed by atoms with Crippen molar-refractivity contribution < 1.29 is 4.79 Å². The van der Waals surface area contributed by atoms with Gasteiger partial charge >= 0.3 is 0 Å². The van der Waals surface area contributed by atoms with E-state index in [0.717, 1.165) is 28.7 Å². The van der Waals surface area contributed by atoms with Gasteiger partial charge in [-0.1, -0.05) is 19.1 Å². The van der Waals surface area contributed by atoms with Crippen molar-refractivity contribution in [3.8, 4) is 0 Å². The summed E-state index contributed by atoms with van der Waals surface area (Å²) in [4.78, 5) is 12.1. The summed E-state index contributed by atoms with van der Waals surface area (Å²) in [7, 11) is 1.92. The van der Waals surface area contributed by atoms with E-state index in [9.17, 15) is 4.79 Å². The first kappa shape index (κ1) is 16.2. The van der Waals surface area contributed by atoms with Crippen LogP contribution in [0.1, 0.15) is 41.9 Å². The maximum absolute atomic E-state index is 12.1. The molecule has 0 spiro atoms. The molecule has 0 aliphatic heterocycles. The van der Waals surface area contributed by atoms with Gasteiger partial charge in [0.15, 0.2) is 0 Å². The van der Waals surface area contributed by atoms with E-state index >= 15 is 0 Å². The Hall–Kier alpha value is -2.63. The Morgan fingerprint density at radius 3 is 2.67 bits per heavy atom. The van der Waals surface area contributed by atoms with Crippen LogP contribution in [0.2, 0.25) is 0 Å². The van der Waals surface area contributed by atoms with Gasteiger partial charge in [-0.05, 0) is 38.0 Å². The number of hydrogen-bond donors (Lipinski definition) is 1. The number of hydrogen-bond acceptors (Lipinski definition) is 3. The summed E-state index contributed by atoms with van der Waals surface area (Å²) in [5.74, 6) is -0.0273. The van der Waals surface area contributed by atoms with Crippen LogP contribution in [0.4, 0.5) is 0 Å². The molecule has 6 heteroatoms. The number of amides is 1. The van der Waals surface area contributed by atoms with Crippen LogP contribution in [0.25, 0.3) is 11.0 Å². The first-order chi connectivity index (χ1) is 11.5. The summed E-state index contributed by atoms with van der Waals surface area (Å²) in [6, 6.07) is 7.87. The molecule has 0 saturated heterocycles. The van der Waals surface area contributed by atoms with E-state index in [1.54, 1.807) is 0 Å². The highest BCUT2D eigenvalue weighted by Gasteiger charge is 2.12. The number of nitrogens with one attached hydrogen (secondary N) is 1. The van der Waals surface area contributed by atoms with Crippen molar-refractivity contribution in [3.63, 3.8) is 0 Å². The van der Waals surface area contributed by atoms with E-state index in [1.807, 2.05) is 60.7 Å². The molecule has 3 aromatic rings. The molecule has 2 heterocycles. The van der Waals surface area contributed by atoms with Crippen molar-refractivity contribution in [1.29, 1.82) is 0 Å². The quantitative estimate of drug-likeness (QED) is 0.784. The van der Waals surface area contributed by atoms with Gasteiger partial charge in [0.1, 0.15) is 11.0 Å². The van der Waals surface area contributed by atoms with Crippen molar-refractivity contribution in [3.05, 3.63) is 47.3 Å². The Morgan fingerprint density at radius 2 is 2.00 bits per heavy atom. The lowest BCUT2D eigenvalue weighted by Gasteiger charge is -2.11. The molecule has 6 nitrogen and oxygen atoms in total. The van der Waals surface area contributed by atoms with Gasteiger partial charge in [-0.15, -0.1) is 0 Å². The van der Waals surface area contributed by atoms with Crippen LogP contribution in [0.15, 0.2) is 30.5 Å². The number of carbonyl (C=O) groups is 1. The number of nitrogens with zero attached hydrogens (tertiary/aromatic N) is 4. The van der Waals surface area contributed by atoms with Gasteiger partial charge < -0.3 is 5.32 Å². The van der Waals surface area contributed by atoms with E-state index in [0.29, 0.717) is 12.1 Å². The molecule has 0 bridgehead atoms. The third kappa shape index (κ3) is 3.04. The number of aryl methyl sites for hydroxylation is 2. The van der Waals surface area contributed by atoms with E-state index in [2.05, 4.69) is 22.4 Å². The number of rotatable bonds is 5. The Kier molecular flexibility index (Phi) is 4.38. The average Bonchev–Trinajstić information content (AvgIpc) is 3.10. The van der Waals surface area contributed by atoms with E-state index in [1.165, 1.54) is 0 Å². The first-order valence-electron chi connectivity index (χ1n) is 8.24. The van der Waals surface area contributed by atoms with Crippen molar-refractivity contribution in [1.82, 2.24) is 24.9 Å². The van der Waals surface area contributed by atoms with Crippen LogP contribution in [0.5, 0.6) is 0 Å². The first-order valence-corrected chi connectivity index (χ1v) is 8.24. The molecule has 1 aromatic carbocycles. The lowest BCUT2D eigenvalue weighted by atomic mass is 10.1. The van der Waals surface area contributed by atoms with Crippen molar-refractivity contribution in [2.75, 3.05) is 0 Å². The van der Waals surface area contributed by atoms with Crippen LogP contribution in [-0.4, -0.2) is 31.5 Å². The number of benzene rings is 1. The minimum absolute atomic E-state index is 0.0273. The molecular formula is C18H23N5O. The molecular weight excluding hydrogens is 302 g/mol. The maximum Gasteiger partial charge on any atom is 0.251 e. The van der Waals surface area contributed by atoms with Crippen molar-refractivity contribution >= 4 is 16.9 Å². The van der Waals surface area contributed by atoms with Gasteiger partial charge in [0.2, 0.25) is 0 Å². The van der Waals surface area contributed by atoms with Crippen LogP contribution in [-0.2, 0) is 13.6 Å². The second-order valence-corrected chi connectivity index (χ2v) is 6.22. The molecule has 1 amide bonds. The summed E-state index contributed by atoms with van der Waals surface area (Å²) >= 11 is 0. The summed E-state index contributed by atoms with van der Waals surface area (Å²) < 4.78 is 3.79. The zero-order valence-corrected chi connectivity index (χ0v) is 14.6. The van der Waals surface area contributed by atoms with Gasteiger partial charge in [-0.25, -0.2) is 0 Å². The van der Waals surface area contributed by atoms with E-state index in [-0.39, 0.29) is 11.9 Å². The van der Waals surface area contributed by atoms with Gasteiger partial charge in [-0.3, -0.25) is 14.2 Å². The highest BCUT2D eigenvalue weighted by atomic mass is 16.1. The monoisotopic (exact) mass is 325 g/mol. The summed E-state index contributed by atoms with van der Waals surface area (Å²) in [6.45, 7) is 6.71. The van der Waals surface area contributed by atoms with Crippen LogP contribution < -0.4 is 5.32 Å². The predicted octanol–water partition coefficient (Wildman–Crippen LogP) is 2.65. The minimum Gasteiger partial charge on any atom is -0.350 e. The van der Waals surface area contributed by atoms with E-state index < -0.39 is 0 Å². The molecule has 126 valence electrons. The van der Waals surface area contributed by atoms with Gasteiger partial charge in [0, 0.05) is 18.7 Å². The molecule has 24 heavy (non-hydrogen) atoms. The molecule has 2 aromatic heterocycles. The number of carbonyl (C=O) groups excluding carboxylic acids is 1. The SMILES string of the molecule is CC[C@@H](C)NC(=O)c1ccc(Cn2ncc3c2c(C)nn3C)cc1. The summed E-state index contributed by atoms with van der Waals surface area (Å²) in [6.07, 6.45) is 2.76. The lowest BCUT2D eigenvalue weighted by molar-refractivity contribution is 0.0939. The largest absolute Gasteiger partial charge is 0.350 e. The zero-order chi connectivity index (χ0) is 17.3. The fraction of sp³-hybridized carbons (Fsp3) is 0.389. The third-order valence-electron chi connectivity index (χ3n) is 4.35. The van der Waals surface area contributed by atoms with Crippen LogP contribution in [0.3, 0.4) is 0 Å². The standard InChI is InChI=1S/C18H23N5O/c1-5-12(2)20-18(24)15-8-6-14(7-9-15)11-23-17-13(3)21-22(4)16(17)10-19-23/h6-10,12H,5,11H2,1-4H3,(H,20,24)/t12-/m1/s1. The van der Waals surface area contributed by atoms with Gasteiger partial charge in [-0.2, -0.15) is 10.2 Å². The zero-order valence-electron chi connectivity index (χ0n) is 14.6. The molecule has 0 aliphatic carbocycles. The Morgan fingerprint density at radius 1 is 1.29 bits per heavy atom. The second-order valence-electron chi connectivity index (χ2n) is 6.22. The normalized spacial score (nSPS) is 12.5. The van der Waals surface area contributed by atoms with Crippen molar-refractivity contribution in [2.24, 2.45) is 7.05 Å². The summed E-state index contributed by atoms with van der Waals surface area (Å²) in [5.41, 5.74) is 4.83. The highest BCUT2D eigenvalue weighted by Crippen LogP contribution is 2.18. The van der Waals surface area contributed by atoms with Crippen LogP contribution >= 0.6 is 0 Å². The minimum atomic E-state index is -0.0273. The van der Waals surface area contributed by atoms with Crippen LogP contribution in [0, 0.1) is 6.92 Å². The molecule has 0 unspecified atom stereocenters. The van der Waals surface area contributed by atoms with Gasteiger partial charge in [0.05, 0.1) is 18.4 Å². The topological polar surface area (TPSA) is 64.7 Å². The highest BCUT2D eigenvalue weighted by molar-refractivity contribution is 5.94. The molecule has 0 radical (unpaired) electrons. The fourth-order valence-corrected chi connectivity index (χ4v) is 2.77. The molecule has 0 fully saturated rings. The molecule has 0 saturated carbocycles. The molecule has 1 atom stereocenters. The van der Waals surface area contributed by atoms with Gasteiger partial charge in [0.25, 0.3) is 5.91 Å². The maximum atomic E-state index is 12.1.